The summed E-state index contributed by atoms with van der Waals surface area (Å²) in [6.07, 6.45) is 1.30. The number of hydrogen-bond acceptors (Lipinski definition) is 3. The summed E-state index contributed by atoms with van der Waals surface area (Å²) in [7, 11) is 1.83. The second-order valence-corrected chi connectivity index (χ2v) is 5.83. The normalized spacial score (nSPS) is 15.5. The van der Waals surface area contributed by atoms with Crippen molar-refractivity contribution in [2.45, 2.75) is 12.8 Å². The minimum atomic E-state index is -0.0213. The summed E-state index contributed by atoms with van der Waals surface area (Å²) in [4.78, 5) is 28.2. The van der Waals surface area contributed by atoms with Crippen LogP contribution in [0, 0.1) is 0 Å². The highest BCUT2D eigenvalue weighted by atomic mass is 35.5. The minimum absolute atomic E-state index is 0.0213. The molecule has 1 heterocycles. The van der Waals surface area contributed by atoms with E-state index in [9.17, 15) is 9.59 Å². The van der Waals surface area contributed by atoms with Crippen LogP contribution in [-0.2, 0) is 4.79 Å². The minimum Gasteiger partial charge on any atom is -0.341 e. The van der Waals surface area contributed by atoms with Crippen LogP contribution in [0.25, 0.3) is 0 Å². The van der Waals surface area contributed by atoms with E-state index in [0.717, 1.165) is 6.42 Å². The predicted octanol–water partition coefficient (Wildman–Crippen LogP) is 1.62. The van der Waals surface area contributed by atoms with E-state index >= 15 is 0 Å². The average molecular weight is 324 g/mol. The van der Waals surface area contributed by atoms with Crippen molar-refractivity contribution < 1.29 is 9.59 Å². The molecule has 1 saturated heterocycles. The van der Waals surface area contributed by atoms with Crippen LogP contribution in [0.15, 0.2) is 24.3 Å². The largest absolute Gasteiger partial charge is 0.341 e. The smallest absolute Gasteiger partial charge is 0.253 e. The SMILES string of the molecule is CNCCC(=O)N1CCCN(C(=O)c2cccc(Cl)c2)CC1. The van der Waals surface area contributed by atoms with Crippen molar-refractivity contribution in [3.63, 3.8) is 0 Å². The van der Waals surface area contributed by atoms with Crippen LogP contribution in [0.5, 0.6) is 0 Å². The van der Waals surface area contributed by atoms with Crippen molar-refractivity contribution >= 4 is 23.4 Å². The number of carbonyl (C=O) groups is 2. The maximum Gasteiger partial charge on any atom is 0.253 e. The van der Waals surface area contributed by atoms with Crippen molar-refractivity contribution in [3.8, 4) is 0 Å². The van der Waals surface area contributed by atoms with E-state index in [1.165, 1.54) is 0 Å². The van der Waals surface area contributed by atoms with Gasteiger partial charge in [0, 0.05) is 49.7 Å². The molecule has 0 aromatic heterocycles. The van der Waals surface area contributed by atoms with Crippen LogP contribution in [0.2, 0.25) is 5.02 Å². The third-order valence-corrected chi connectivity index (χ3v) is 4.03. The summed E-state index contributed by atoms with van der Waals surface area (Å²) in [5.74, 6) is 0.124. The molecule has 0 radical (unpaired) electrons. The number of hydrogen-bond donors (Lipinski definition) is 1. The quantitative estimate of drug-likeness (QED) is 0.916. The van der Waals surface area contributed by atoms with Gasteiger partial charge in [0.15, 0.2) is 0 Å². The van der Waals surface area contributed by atoms with E-state index in [4.69, 9.17) is 11.6 Å². The summed E-state index contributed by atoms with van der Waals surface area (Å²) in [5, 5.41) is 3.54. The Kier molecular flexibility index (Phi) is 6.21. The molecule has 2 rings (SSSR count). The fraction of sp³-hybridized carbons (Fsp3) is 0.500. The molecule has 6 heteroatoms. The molecule has 1 aliphatic rings. The number of nitrogens with one attached hydrogen (secondary N) is 1. The first-order valence-corrected chi connectivity index (χ1v) is 7.97. The van der Waals surface area contributed by atoms with Crippen molar-refractivity contribution in [2.24, 2.45) is 0 Å². The molecular weight excluding hydrogens is 302 g/mol. The van der Waals surface area contributed by atoms with Crippen molar-refractivity contribution in [1.82, 2.24) is 15.1 Å². The van der Waals surface area contributed by atoms with Gasteiger partial charge in [-0.05, 0) is 31.7 Å². The highest BCUT2D eigenvalue weighted by Crippen LogP contribution is 2.14. The zero-order chi connectivity index (χ0) is 15.9. The monoisotopic (exact) mass is 323 g/mol. The van der Waals surface area contributed by atoms with Gasteiger partial charge in [-0.15, -0.1) is 0 Å². The van der Waals surface area contributed by atoms with Gasteiger partial charge < -0.3 is 15.1 Å². The molecule has 22 heavy (non-hydrogen) atoms. The van der Waals surface area contributed by atoms with Crippen LogP contribution in [0.4, 0.5) is 0 Å². The molecule has 1 fully saturated rings. The van der Waals surface area contributed by atoms with Crippen LogP contribution < -0.4 is 5.32 Å². The van der Waals surface area contributed by atoms with Gasteiger partial charge in [0.25, 0.3) is 5.91 Å². The predicted molar refractivity (Wildman–Crippen MR) is 87.1 cm³/mol. The molecule has 0 aliphatic carbocycles. The van der Waals surface area contributed by atoms with E-state index in [1.54, 1.807) is 29.2 Å². The van der Waals surface area contributed by atoms with Crippen LogP contribution in [-0.4, -0.2) is 61.4 Å². The van der Waals surface area contributed by atoms with Crippen molar-refractivity contribution in [3.05, 3.63) is 34.9 Å². The molecule has 0 unspecified atom stereocenters. The molecule has 1 aliphatic heterocycles. The van der Waals surface area contributed by atoms with Gasteiger partial charge in [-0.1, -0.05) is 17.7 Å². The Morgan fingerprint density at radius 2 is 1.91 bits per heavy atom. The van der Waals surface area contributed by atoms with Gasteiger partial charge in [0.05, 0.1) is 0 Å². The zero-order valence-corrected chi connectivity index (χ0v) is 13.6. The van der Waals surface area contributed by atoms with Crippen LogP contribution in [0.3, 0.4) is 0 Å². The Bertz CT molecular complexity index is 536. The first-order valence-electron chi connectivity index (χ1n) is 7.59. The molecule has 1 aromatic carbocycles. The molecule has 0 saturated carbocycles. The second kappa shape index (κ2) is 8.15. The Hall–Kier alpha value is -1.59. The maximum atomic E-state index is 12.5. The molecule has 1 aromatic rings. The topological polar surface area (TPSA) is 52.7 Å². The number of amides is 2. The number of carbonyl (C=O) groups excluding carboxylic acids is 2. The Balaban J connectivity index is 1.95. The number of benzene rings is 1. The fourth-order valence-corrected chi connectivity index (χ4v) is 2.75. The summed E-state index contributed by atoms with van der Waals surface area (Å²) in [5.41, 5.74) is 0.599. The Labute approximate surface area is 136 Å². The van der Waals surface area contributed by atoms with E-state index in [0.29, 0.717) is 49.7 Å². The van der Waals surface area contributed by atoms with Gasteiger partial charge in [-0.25, -0.2) is 0 Å². The second-order valence-electron chi connectivity index (χ2n) is 5.39. The van der Waals surface area contributed by atoms with Gasteiger partial charge in [0.1, 0.15) is 0 Å². The summed E-state index contributed by atoms with van der Waals surface area (Å²) in [6, 6.07) is 6.99. The van der Waals surface area contributed by atoms with E-state index < -0.39 is 0 Å². The molecule has 0 spiro atoms. The van der Waals surface area contributed by atoms with E-state index in [-0.39, 0.29) is 11.8 Å². The number of halogens is 1. The molecule has 0 bridgehead atoms. The first-order chi connectivity index (χ1) is 10.6. The Morgan fingerprint density at radius 3 is 2.64 bits per heavy atom. The number of nitrogens with zero attached hydrogens (tertiary/aromatic N) is 2. The maximum absolute atomic E-state index is 12.5. The molecule has 2 amide bonds. The highest BCUT2D eigenvalue weighted by Gasteiger charge is 2.22. The Morgan fingerprint density at radius 1 is 1.18 bits per heavy atom. The lowest BCUT2D eigenvalue weighted by atomic mass is 10.2. The lowest BCUT2D eigenvalue weighted by Gasteiger charge is -2.22. The molecule has 0 atom stereocenters. The standard InChI is InChI=1S/C16H22ClN3O2/c1-18-7-6-15(21)19-8-3-9-20(11-10-19)16(22)13-4-2-5-14(17)12-13/h2,4-5,12,18H,3,6-11H2,1H3. The summed E-state index contributed by atoms with van der Waals surface area (Å²) >= 11 is 5.94. The highest BCUT2D eigenvalue weighted by molar-refractivity contribution is 6.30. The zero-order valence-electron chi connectivity index (χ0n) is 12.8. The lowest BCUT2D eigenvalue weighted by Crippen LogP contribution is -2.38. The molecular formula is C16H22ClN3O2. The van der Waals surface area contributed by atoms with E-state index in [1.807, 2.05) is 11.9 Å². The molecule has 5 nitrogen and oxygen atoms in total. The van der Waals surface area contributed by atoms with Crippen molar-refractivity contribution in [2.75, 3.05) is 39.8 Å². The third-order valence-electron chi connectivity index (χ3n) is 3.80. The first kappa shape index (κ1) is 16.8. The summed E-state index contributed by atoms with van der Waals surface area (Å²) in [6.45, 7) is 3.22. The van der Waals surface area contributed by atoms with Gasteiger partial charge in [-0.3, -0.25) is 9.59 Å². The average Bonchev–Trinajstić information content (AvgIpc) is 2.78. The van der Waals surface area contributed by atoms with Crippen molar-refractivity contribution in [1.29, 1.82) is 0 Å². The third kappa shape index (κ3) is 4.45. The molecule has 1 N–H and O–H groups in total. The van der Waals surface area contributed by atoms with Gasteiger partial charge >= 0.3 is 0 Å². The summed E-state index contributed by atoms with van der Waals surface area (Å²) < 4.78 is 0. The lowest BCUT2D eigenvalue weighted by molar-refractivity contribution is -0.130. The van der Waals surface area contributed by atoms with Crippen LogP contribution >= 0.6 is 11.6 Å². The molecule has 120 valence electrons. The van der Waals surface area contributed by atoms with Gasteiger partial charge in [-0.2, -0.15) is 0 Å². The van der Waals surface area contributed by atoms with Crippen LogP contribution in [0.1, 0.15) is 23.2 Å². The number of rotatable bonds is 4. The fourth-order valence-electron chi connectivity index (χ4n) is 2.56. The van der Waals surface area contributed by atoms with Gasteiger partial charge in [0.2, 0.25) is 5.91 Å². The van der Waals surface area contributed by atoms with E-state index in [2.05, 4.69) is 5.32 Å².